The zero-order valence-corrected chi connectivity index (χ0v) is 9.60. The van der Waals surface area contributed by atoms with E-state index >= 15 is 0 Å². The average Bonchev–Trinajstić information content (AvgIpc) is 2.32. The van der Waals surface area contributed by atoms with E-state index in [1.165, 1.54) is 7.05 Å². The molecule has 0 fully saturated rings. The Bertz CT molecular complexity index is 302. The molecule has 15 heavy (non-hydrogen) atoms. The Morgan fingerprint density at radius 2 is 1.73 bits per heavy atom. The van der Waals surface area contributed by atoms with Gasteiger partial charge in [0.25, 0.3) is 0 Å². The van der Waals surface area contributed by atoms with Crippen molar-refractivity contribution in [3.05, 3.63) is 54.3 Å². The lowest BCUT2D eigenvalue weighted by atomic mass is 10.3. The minimum absolute atomic E-state index is 0.869. The topological polar surface area (TPSA) is 35.2 Å². The van der Waals surface area contributed by atoms with Gasteiger partial charge in [-0.2, -0.15) is 0 Å². The van der Waals surface area contributed by atoms with Crippen LogP contribution in [-0.4, -0.2) is 7.05 Å². The standard InChI is InChI=1S/C12H14O.CH5N/c1-3-8-11(4-2)13-12-9-6-5-7-10-12;1-2/h3-10H,1-2H3;2H2,1H3/b8-3-,11-4+;. The first-order valence-electron chi connectivity index (χ1n) is 4.96. The lowest BCUT2D eigenvalue weighted by Gasteiger charge is -2.04. The molecule has 0 aliphatic rings. The van der Waals surface area contributed by atoms with Crippen LogP contribution in [0.5, 0.6) is 5.75 Å². The summed E-state index contributed by atoms with van der Waals surface area (Å²) >= 11 is 0. The van der Waals surface area contributed by atoms with Gasteiger partial charge in [0, 0.05) is 0 Å². The molecule has 0 radical (unpaired) electrons. The Kier molecular flexibility index (Phi) is 8.10. The van der Waals surface area contributed by atoms with Gasteiger partial charge in [0.1, 0.15) is 11.5 Å². The number of hydrogen-bond donors (Lipinski definition) is 1. The van der Waals surface area contributed by atoms with E-state index in [-0.39, 0.29) is 0 Å². The van der Waals surface area contributed by atoms with Crippen LogP contribution in [0.2, 0.25) is 0 Å². The highest BCUT2D eigenvalue weighted by molar-refractivity contribution is 5.25. The molecule has 2 N–H and O–H groups in total. The molecule has 0 saturated heterocycles. The molecule has 0 unspecified atom stereocenters. The summed E-state index contributed by atoms with van der Waals surface area (Å²) in [5.74, 6) is 1.74. The van der Waals surface area contributed by atoms with E-state index in [1.807, 2.05) is 62.4 Å². The van der Waals surface area contributed by atoms with E-state index in [0.717, 1.165) is 11.5 Å². The van der Waals surface area contributed by atoms with Crippen molar-refractivity contribution in [3.8, 4) is 5.75 Å². The zero-order valence-electron chi connectivity index (χ0n) is 9.60. The zero-order chi connectivity index (χ0) is 11.5. The lowest BCUT2D eigenvalue weighted by Crippen LogP contribution is -1.90. The predicted molar refractivity (Wildman–Crippen MR) is 65.8 cm³/mol. The highest BCUT2D eigenvalue weighted by atomic mass is 16.5. The smallest absolute Gasteiger partial charge is 0.127 e. The summed E-state index contributed by atoms with van der Waals surface area (Å²) in [5, 5.41) is 0. The lowest BCUT2D eigenvalue weighted by molar-refractivity contribution is 0.443. The van der Waals surface area contributed by atoms with Crippen LogP contribution in [0, 0.1) is 0 Å². The number of allylic oxidation sites excluding steroid dienone is 3. The van der Waals surface area contributed by atoms with Gasteiger partial charge in [0.05, 0.1) is 0 Å². The minimum Gasteiger partial charge on any atom is -0.458 e. The summed E-state index contributed by atoms with van der Waals surface area (Å²) in [7, 11) is 1.50. The summed E-state index contributed by atoms with van der Waals surface area (Å²) in [6.07, 6.45) is 5.83. The predicted octanol–water partition coefficient (Wildman–Crippen LogP) is 3.12. The second-order valence-electron chi connectivity index (χ2n) is 2.61. The van der Waals surface area contributed by atoms with Crippen molar-refractivity contribution in [2.75, 3.05) is 7.05 Å². The molecule has 0 amide bonds. The Morgan fingerprint density at radius 1 is 1.13 bits per heavy atom. The van der Waals surface area contributed by atoms with E-state index in [2.05, 4.69) is 5.73 Å². The average molecular weight is 205 g/mol. The molecule has 0 saturated carbocycles. The maximum Gasteiger partial charge on any atom is 0.127 e. The van der Waals surface area contributed by atoms with Gasteiger partial charge >= 0.3 is 0 Å². The Hall–Kier alpha value is -1.54. The summed E-state index contributed by atoms with van der Waals surface area (Å²) in [5.41, 5.74) is 4.50. The highest BCUT2D eigenvalue weighted by Crippen LogP contribution is 2.13. The molecule has 2 nitrogen and oxygen atoms in total. The van der Waals surface area contributed by atoms with Crippen LogP contribution in [0.3, 0.4) is 0 Å². The van der Waals surface area contributed by atoms with Crippen molar-refractivity contribution in [2.45, 2.75) is 13.8 Å². The van der Waals surface area contributed by atoms with Gasteiger partial charge in [-0.25, -0.2) is 0 Å². The van der Waals surface area contributed by atoms with Crippen molar-refractivity contribution in [1.82, 2.24) is 0 Å². The molecule has 0 aliphatic heterocycles. The number of benzene rings is 1. The second-order valence-corrected chi connectivity index (χ2v) is 2.61. The minimum atomic E-state index is 0.869. The SMILES string of the molecule is C/C=C\C(=C/C)Oc1ccccc1.CN. The van der Waals surface area contributed by atoms with Gasteiger partial charge in [0.2, 0.25) is 0 Å². The molecule has 0 atom stereocenters. The molecule has 0 aromatic heterocycles. The maximum atomic E-state index is 5.58. The first-order chi connectivity index (χ1) is 7.36. The molecule has 1 rings (SSSR count). The van der Waals surface area contributed by atoms with Crippen molar-refractivity contribution in [1.29, 1.82) is 0 Å². The molecule has 0 heterocycles. The highest BCUT2D eigenvalue weighted by Gasteiger charge is 1.92. The largest absolute Gasteiger partial charge is 0.458 e. The van der Waals surface area contributed by atoms with Crippen LogP contribution >= 0.6 is 0 Å². The first-order valence-corrected chi connectivity index (χ1v) is 4.96. The van der Waals surface area contributed by atoms with Gasteiger partial charge in [-0.15, -0.1) is 0 Å². The fraction of sp³-hybridized carbons (Fsp3) is 0.231. The van der Waals surface area contributed by atoms with Gasteiger partial charge in [-0.3, -0.25) is 0 Å². The number of rotatable bonds is 3. The molecule has 0 bridgehead atoms. The quantitative estimate of drug-likeness (QED) is 0.608. The molecule has 0 spiro atoms. The number of hydrogen-bond acceptors (Lipinski definition) is 2. The molecular weight excluding hydrogens is 186 g/mol. The van der Waals surface area contributed by atoms with Crippen molar-refractivity contribution < 1.29 is 4.74 Å². The summed E-state index contributed by atoms with van der Waals surface area (Å²) in [6.45, 7) is 3.93. The van der Waals surface area contributed by atoms with Crippen LogP contribution in [0.25, 0.3) is 0 Å². The second kappa shape index (κ2) is 9.03. The fourth-order valence-electron chi connectivity index (χ4n) is 0.978. The van der Waals surface area contributed by atoms with Crippen LogP contribution in [-0.2, 0) is 0 Å². The van der Waals surface area contributed by atoms with Crippen LogP contribution in [0.1, 0.15) is 13.8 Å². The third-order valence-electron chi connectivity index (χ3n) is 1.59. The first kappa shape index (κ1) is 13.5. The Morgan fingerprint density at radius 3 is 2.20 bits per heavy atom. The summed E-state index contributed by atoms with van der Waals surface area (Å²) < 4.78 is 5.58. The van der Waals surface area contributed by atoms with Crippen LogP contribution in [0.15, 0.2) is 54.3 Å². The number of para-hydroxylation sites is 1. The normalized spacial score (nSPS) is 10.8. The molecule has 0 aliphatic carbocycles. The van der Waals surface area contributed by atoms with Gasteiger partial charge < -0.3 is 10.5 Å². The summed E-state index contributed by atoms with van der Waals surface area (Å²) in [6, 6.07) is 9.76. The van der Waals surface area contributed by atoms with E-state index in [4.69, 9.17) is 4.74 Å². The monoisotopic (exact) mass is 205 g/mol. The van der Waals surface area contributed by atoms with Crippen molar-refractivity contribution in [2.24, 2.45) is 5.73 Å². The van der Waals surface area contributed by atoms with Crippen molar-refractivity contribution in [3.63, 3.8) is 0 Å². The van der Waals surface area contributed by atoms with Crippen LogP contribution in [0.4, 0.5) is 0 Å². The molecule has 82 valence electrons. The van der Waals surface area contributed by atoms with Gasteiger partial charge in [-0.1, -0.05) is 24.3 Å². The Labute approximate surface area is 92.1 Å². The molecule has 2 heteroatoms. The molecular formula is C13H19NO. The molecule has 1 aromatic rings. The third kappa shape index (κ3) is 5.70. The number of nitrogens with two attached hydrogens (primary N) is 1. The fourth-order valence-corrected chi connectivity index (χ4v) is 0.978. The van der Waals surface area contributed by atoms with E-state index in [0.29, 0.717) is 0 Å². The van der Waals surface area contributed by atoms with Gasteiger partial charge in [-0.05, 0) is 45.2 Å². The summed E-state index contributed by atoms with van der Waals surface area (Å²) in [4.78, 5) is 0. The van der Waals surface area contributed by atoms with E-state index in [1.54, 1.807) is 0 Å². The van der Waals surface area contributed by atoms with Crippen LogP contribution < -0.4 is 10.5 Å². The van der Waals surface area contributed by atoms with Gasteiger partial charge in [0.15, 0.2) is 0 Å². The van der Waals surface area contributed by atoms with E-state index in [9.17, 15) is 0 Å². The van der Waals surface area contributed by atoms with Crippen molar-refractivity contribution >= 4 is 0 Å². The third-order valence-corrected chi connectivity index (χ3v) is 1.59. The molecule has 1 aromatic carbocycles. The Balaban J connectivity index is 0.000000921. The maximum absolute atomic E-state index is 5.58. The number of ether oxygens (including phenoxy) is 1. The van der Waals surface area contributed by atoms with E-state index < -0.39 is 0 Å².